The number of aromatic hydroxyl groups is 1. The minimum Gasteiger partial charge on any atom is -0.508 e. The van der Waals surface area contributed by atoms with Gasteiger partial charge in [-0.3, -0.25) is 4.90 Å². The molecule has 0 aliphatic carbocycles. The van der Waals surface area contributed by atoms with Gasteiger partial charge >= 0.3 is 0 Å². The van der Waals surface area contributed by atoms with E-state index in [9.17, 15) is 5.11 Å². The number of benzene rings is 2. The van der Waals surface area contributed by atoms with Gasteiger partial charge in [0.05, 0.1) is 6.61 Å². The number of rotatable bonds is 6. The van der Waals surface area contributed by atoms with Crippen LogP contribution < -0.4 is 4.74 Å². The Morgan fingerprint density at radius 1 is 0.933 bits per heavy atom. The van der Waals surface area contributed by atoms with E-state index in [2.05, 4.69) is 40.1 Å². The number of piperidine rings is 1. The van der Waals surface area contributed by atoms with Gasteiger partial charge in [0.2, 0.25) is 0 Å². The molecular formula is C26H34N2O2. The predicted molar refractivity (Wildman–Crippen MR) is 120 cm³/mol. The summed E-state index contributed by atoms with van der Waals surface area (Å²) in [5.74, 6) is 1.69. The van der Waals surface area contributed by atoms with Gasteiger partial charge in [-0.1, -0.05) is 30.7 Å². The molecule has 2 saturated heterocycles. The minimum absolute atomic E-state index is 0.299. The van der Waals surface area contributed by atoms with Crippen LogP contribution in [0.15, 0.2) is 42.5 Å². The van der Waals surface area contributed by atoms with E-state index in [-0.39, 0.29) is 0 Å². The fraction of sp³-hybridized carbons (Fsp3) is 0.538. The maximum absolute atomic E-state index is 9.77. The van der Waals surface area contributed by atoms with Crippen molar-refractivity contribution < 1.29 is 9.84 Å². The van der Waals surface area contributed by atoms with E-state index in [1.54, 1.807) is 0 Å². The third-order valence-corrected chi connectivity index (χ3v) is 7.21. The van der Waals surface area contributed by atoms with Crippen molar-refractivity contribution in [3.63, 3.8) is 0 Å². The predicted octanol–water partition coefficient (Wildman–Crippen LogP) is 4.93. The first-order valence-corrected chi connectivity index (χ1v) is 11.8. The van der Waals surface area contributed by atoms with Crippen molar-refractivity contribution in [2.45, 2.75) is 50.5 Å². The lowest BCUT2D eigenvalue weighted by atomic mass is 9.81. The number of fused-ring (bicyclic) bond motifs is 3. The van der Waals surface area contributed by atoms with Crippen LogP contribution in [0.1, 0.15) is 67.2 Å². The molecule has 0 radical (unpaired) electrons. The Balaban J connectivity index is 1.36. The Kier molecular flexibility index (Phi) is 5.96. The molecule has 30 heavy (non-hydrogen) atoms. The zero-order valence-corrected chi connectivity index (χ0v) is 17.9. The van der Waals surface area contributed by atoms with Crippen LogP contribution >= 0.6 is 0 Å². The van der Waals surface area contributed by atoms with Crippen LogP contribution in [0.4, 0.5) is 0 Å². The van der Waals surface area contributed by atoms with Crippen molar-refractivity contribution in [1.82, 2.24) is 9.80 Å². The van der Waals surface area contributed by atoms with Crippen LogP contribution in [0, 0.1) is 0 Å². The summed E-state index contributed by atoms with van der Waals surface area (Å²) in [6, 6.07) is 15.0. The largest absolute Gasteiger partial charge is 0.508 e. The molecule has 2 aromatic carbocycles. The van der Waals surface area contributed by atoms with Gasteiger partial charge in [-0.2, -0.15) is 0 Å². The van der Waals surface area contributed by atoms with Crippen molar-refractivity contribution in [3.8, 4) is 11.5 Å². The third-order valence-electron chi connectivity index (χ3n) is 7.21. The molecule has 0 aromatic heterocycles. The SMILES string of the molecule is Oc1ccc(C2CN3CCCC3c3cccc(OCCCN4CCCCC4)c32)cc1. The second-order valence-corrected chi connectivity index (χ2v) is 9.16. The zero-order chi connectivity index (χ0) is 20.3. The highest BCUT2D eigenvalue weighted by atomic mass is 16.5. The number of ether oxygens (including phenoxy) is 1. The van der Waals surface area contributed by atoms with E-state index in [1.165, 1.54) is 68.4 Å². The smallest absolute Gasteiger partial charge is 0.123 e. The van der Waals surface area contributed by atoms with Gasteiger partial charge in [0.25, 0.3) is 0 Å². The number of phenolic OH excluding ortho intramolecular Hbond substituents is 1. The van der Waals surface area contributed by atoms with Crippen LogP contribution in [-0.4, -0.2) is 54.2 Å². The van der Waals surface area contributed by atoms with Gasteiger partial charge in [0, 0.05) is 30.6 Å². The molecule has 2 fully saturated rings. The van der Waals surface area contributed by atoms with Crippen LogP contribution in [0.2, 0.25) is 0 Å². The van der Waals surface area contributed by atoms with Crippen LogP contribution in [-0.2, 0) is 0 Å². The average Bonchev–Trinajstić information content (AvgIpc) is 3.26. The molecule has 4 nitrogen and oxygen atoms in total. The first-order valence-electron chi connectivity index (χ1n) is 11.8. The molecule has 2 unspecified atom stereocenters. The van der Waals surface area contributed by atoms with Gasteiger partial charge in [0.1, 0.15) is 11.5 Å². The van der Waals surface area contributed by atoms with E-state index in [4.69, 9.17) is 4.74 Å². The normalized spacial score (nSPS) is 24.4. The maximum atomic E-state index is 9.77. The van der Waals surface area contributed by atoms with E-state index < -0.39 is 0 Å². The molecule has 2 atom stereocenters. The number of likely N-dealkylation sites (tertiary alicyclic amines) is 1. The molecule has 0 spiro atoms. The topological polar surface area (TPSA) is 35.9 Å². The molecule has 0 bridgehead atoms. The van der Waals surface area contributed by atoms with Gasteiger partial charge < -0.3 is 14.7 Å². The summed E-state index contributed by atoms with van der Waals surface area (Å²) < 4.78 is 6.42. The number of hydrogen-bond donors (Lipinski definition) is 1. The van der Waals surface area contributed by atoms with E-state index >= 15 is 0 Å². The summed E-state index contributed by atoms with van der Waals surface area (Å²) in [4.78, 5) is 5.23. The first kappa shape index (κ1) is 19.9. The second-order valence-electron chi connectivity index (χ2n) is 9.16. The molecule has 1 N–H and O–H groups in total. The summed E-state index contributed by atoms with van der Waals surface area (Å²) in [5, 5.41) is 9.77. The quantitative estimate of drug-likeness (QED) is 0.690. The molecule has 0 amide bonds. The summed E-state index contributed by atoms with van der Waals surface area (Å²) in [7, 11) is 0. The zero-order valence-electron chi connectivity index (χ0n) is 17.9. The Labute approximate surface area is 180 Å². The molecule has 3 aliphatic heterocycles. The first-order chi connectivity index (χ1) is 14.8. The summed E-state index contributed by atoms with van der Waals surface area (Å²) in [6.45, 7) is 6.65. The monoisotopic (exact) mass is 406 g/mol. The standard InChI is InChI=1S/C26H34N2O2/c29-21-12-10-20(11-13-21)23-19-28-17-5-8-24(28)22-7-4-9-25(26(22)23)30-18-6-16-27-14-2-1-3-15-27/h4,7,9-13,23-24,29H,1-3,5-6,8,14-19H2. The number of hydrogen-bond acceptors (Lipinski definition) is 4. The minimum atomic E-state index is 0.299. The van der Waals surface area contributed by atoms with Crippen LogP contribution in [0.5, 0.6) is 11.5 Å². The van der Waals surface area contributed by atoms with Gasteiger partial charge in [-0.05, 0) is 81.1 Å². The highest BCUT2D eigenvalue weighted by Crippen LogP contribution is 2.47. The average molecular weight is 407 g/mol. The Morgan fingerprint density at radius 2 is 1.77 bits per heavy atom. The Hall–Kier alpha value is -2.04. The molecule has 4 heteroatoms. The highest BCUT2D eigenvalue weighted by molar-refractivity contribution is 5.51. The van der Waals surface area contributed by atoms with Gasteiger partial charge in [-0.15, -0.1) is 0 Å². The number of nitrogens with zero attached hydrogens (tertiary/aromatic N) is 2. The van der Waals surface area contributed by atoms with Crippen LogP contribution in [0.3, 0.4) is 0 Å². The van der Waals surface area contributed by atoms with Crippen molar-refractivity contribution in [3.05, 3.63) is 59.2 Å². The lowest BCUT2D eigenvalue weighted by molar-refractivity contribution is 0.200. The van der Waals surface area contributed by atoms with Gasteiger partial charge in [-0.25, -0.2) is 0 Å². The maximum Gasteiger partial charge on any atom is 0.123 e. The molecule has 2 aromatic rings. The van der Waals surface area contributed by atoms with Crippen molar-refractivity contribution in [2.24, 2.45) is 0 Å². The second kappa shape index (κ2) is 8.99. The van der Waals surface area contributed by atoms with Crippen molar-refractivity contribution in [1.29, 1.82) is 0 Å². The fourth-order valence-corrected chi connectivity index (χ4v) is 5.70. The van der Waals surface area contributed by atoms with Gasteiger partial charge in [0.15, 0.2) is 0 Å². The highest BCUT2D eigenvalue weighted by Gasteiger charge is 2.38. The van der Waals surface area contributed by atoms with Crippen LogP contribution in [0.25, 0.3) is 0 Å². The summed E-state index contributed by atoms with van der Waals surface area (Å²) >= 11 is 0. The van der Waals surface area contributed by atoms with Crippen molar-refractivity contribution in [2.75, 3.05) is 39.3 Å². The Morgan fingerprint density at radius 3 is 2.60 bits per heavy atom. The molecule has 5 rings (SSSR count). The van der Waals surface area contributed by atoms with E-state index in [1.807, 2.05) is 12.1 Å². The third kappa shape index (κ3) is 4.08. The molecule has 0 saturated carbocycles. The molecule has 3 aliphatic rings. The fourth-order valence-electron chi connectivity index (χ4n) is 5.70. The molecule has 160 valence electrons. The van der Waals surface area contributed by atoms with E-state index in [0.717, 1.165) is 31.9 Å². The lowest BCUT2D eigenvalue weighted by Gasteiger charge is -2.38. The number of phenols is 1. The molecule has 3 heterocycles. The summed E-state index contributed by atoms with van der Waals surface area (Å²) in [6.07, 6.45) is 7.68. The summed E-state index contributed by atoms with van der Waals surface area (Å²) in [5.41, 5.74) is 4.10. The van der Waals surface area contributed by atoms with E-state index in [0.29, 0.717) is 17.7 Å². The lowest BCUT2D eigenvalue weighted by Crippen LogP contribution is -2.35. The Bertz CT molecular complexity index is 845. The molecular weight excluding hydrogens is 372 g/mol. The van der Waals surface area contributed by atoms with Crippen molar-refractivity contribution >= 4 is 0 Å².